The molecule has 1 unspecified atom stereocenters. The van der Waals surface area contributed by atoms with Crippen LogP contribution in [-0.4, -0.2) is 13.1 Å². The minimum atomic E-state index is -1.16. The molecule has 2 aliphatic heterocycles. The zero-order valence-corrected chi connectivity index (χ0v) is 13.8. The minimum absolute atomic E-state index is 0.0694. The molecular formula is C19H21F3N2. The third kappa shape index (κ3) is 2.83. The molecule has 0 N–H and O–H groups in total. The van der Waals surface area contributed by atoms with Crippen LogP contribution in [0.5, 0.6) is 0 Å². The van der Waals surface area contributed by atoms with Gasteiger partial charge in [-0.05, 0) is 24.8 Å². The molecule has 1 atom stereocenters. The average Bonchev–Trinajstić information content (AvgIpc) is 2.93. The van der Waals surface area contributed by atoms with E-state index in [0.717, 1.165) is 24.5 Å². The molecule has 1 saturated heterocycles. The highest BCUT2D eigenvalue weighted by Crippen LogP contribution is 2.38. The topological polar surface area (TPSA) is 6.48 Å². The van der Waals surface area contributed by atoms with E-state index in [4.69, 9.17) is 0 Å². The zero-order valence-electron chi connectivity index (χ0n) is 13.8. The molecule has 2 aliphatic rings. The van der Waals surface area contributed by atoms with Gasteiger partial charge in [0.05, 0.1) is 5.69 Å². The molecule has 1 fully saturated rings. The van der Waals surface area contributed by atoms with Gasteiger partial charge in [-0.1, -0.05) is 32.1 Å². The summed E-state index contributed by atoms with van der Waals surface area (Å²) in [5.41, 5.74) is 1.15. The lowest BCUT2D eigenvalue weighted by molar-refractivity contribution is 0.493. The maximum absolute atomic E-state index is 14.6. The van der Waals surface area contributed by atoms with Crippen LogP contribution in [0.2, 0.25) is 0 Å². The molecule has 1 aromatic rings. The van der Waals surface area contributed by atoms with Gasteiger partial charge >= 0.3 is 0 Å². The quantitative estimate of drug-likeness (QED) is 0.707. The fourth-order valence-electron chi connectivity index (χ4n) is 3.27. The molecule has 0 spiro atoms. The van der Waals surface area contributed by atoms with Crippen LogP contribution >= 0.6 is 0 Å². The molecule has 0 radical (unpaired) electrons. The van der Waals surface area contributed by atoms with Gasteiger partial charge in [0.25, 0.3) is 0 Å². The average molecular weight is 334 g/mol. The fourth-order valence-corrected chi connectivity index (χ4v) is 3.27. The predicted octanol–water partition coefficient (Wildman–Crippen LogP) is 5.13. The number of allylic oxidation sites excluding steroid dienone is 2. The van der Waals surface area contributed by atoms with Crippen molar-refractivity contribution < 1.29 is 13.2 Å². The Hall–Kier alpha value is -2.17. The van der Waals surface area contributed by atoms with Gasteiger partial charge in [0.15, 0.2) is 17.5 Å². The van der Waals surface area contributed by atoms with Crippen LogP contribution in [0.4, 0.5) is 24.5 Å². The van der Waals surface area contributed by atoms with E-state index in [1.807, 2.05) is 6.92 Å². The first-order valence-electron chi connectivity index (χ1n) is 8.17. The van der Waals surface area contributed by atoms with E-state index < -0.39 is 17.5 Å². The van der Waals surface area contributed by atoms with Crippen LogP contribution in [0.1, 0.15) is 26.2 Å². The van der Waals surface area contributed by atoms with Crippen molar-refractivity contribution in [2.24, 2.45) is 5.92 Å². The summed E-state index contributed by atoms with van der Waals surface area (Å²) < 4.78 is 43.8. The number of rotatable bonds is 3. The highest BCUT2D eigenvalue weighted by Gasteiger charge is 2.31. The van der Waals surface area contributed by atoms with Crippen molar-refractivity contribution in [1.29, 1.82) is 0 Å². The van der Waals surface area contributed by atoms with Crippen LogP contribution < -0.4 is 9.80 Å². The number of benzene rings is 1. The Labute approximate surface area is 140 Å². The standard InChI is InChI=1S/C19H21F3N2/c1-4-14-9-13(3)24(11-14)16-10-15(20)19(18(22)17(16)21)23-7-5-12(2)6-8-23/h5,7,10,14H,2-4,6,8-9,11H2,1H3. The maximum atomic E-state index is 14.6. The molecule has 24 heavy (non-hydrogen) atoms. The van der Waals surface area contributed by atoms with E-state index in [0.29, 0.717) is 31.1 Å². The Morgan fingerprint density at radius 3 is 2.54 bits per heavy atom. The van der Waals surface area contributed by atoms with Gasteiger partial charge < -0.3 is 9.80 Å². The summed E-state index contributed by atoms with van der Waals surface area (Å²) in [5.74, 6) is -2.62. The molecule has 128 valence electrons. The highest BCUT2D eigenvalue weighted by atomic mass is 19.2. The van der Waals surface area contributed by atoms with E-state index in [9.17, 15) is 13.2 Å². The molecule has 0 aliphatic carbocycles. The summed E-state index contributed by atoms with van der Waals surface area (Å²) in [6, 6.07) is 1.08. The summed E-state index contributed by atoms with van der Waals surface area (Å²) in [7, 11) is 0. The van der Waals surface area contributed by atoms with E-state index in [2.05, 4.69) is 13.2 Å². The predicted molar refractivity (Wildman–Crippen MR) is 91.4 cm³/mol. The summed E-state index contributed by atoms with van der Waals surface area (Å²) in [4.78, 5) is 2.98. The highest BCUT2D eigenvalue weighted by molar-refractivity contribution is 5.64. The van der Waals surface area contributed by atoms with Gasteiger partial charge in [-0.2, -0.15) is 0 Å². The lowest BCUT2D eigenvalue weighted by atomic mass is 10.1. The Kier molecular flexibility index (Phi) is 4.43. The smallest absolute Gasteiger partial charge is 0.187 e. The van der Waals surface area contributed by atoms with Gasteiger partial charge in [0.2, 0.25) is 0 Å². The number of nitrogens with zero attached hydrogens (tertiary/aromatic N) is 2. The van der Waals surface area contributed by atoms with Crippen molar-refractivity contribution in [3.05, 3.63) is 60.2 Å². The lowest BCUT2D eigenvalue weighted by Gasteiger charge is -2.27. The minimum Gasteiger partial charge on any atom is -0.343 e. The maximum Gasteiger partial charge on any atom is 0.187 e. The largest absolute Gasteiger partial charge is 0.343 e. The van der Waals surface area contributed by atoms with Gasteiger partial charge in [-0.3, -0.25) is 0 Å². The van der Waals surface area contributed by atoms with Crippen LogP contribution in [0.15, 0.2) is 42.8 Å². The van der Waals surface area contributed by atoms with Crippen LogP contribution in [0.25, 0.3) is 0 Å². The summed E-state index contributed by atoms with van der Waals surface area (Å²) in [5, 5.41) is 0. The van der Waals surface area contributed by atoms with E-state index in [-0.39, 0.29) is 11.4 Å². The van der Waals surface area contributed by atoms with E-state index >= 15 is 0 Å². The van der Waals surface area contributed by atoms with Crippen LogP contribution in [0.3, 0.4) is 0 Å². The molecule has 0 amide bonds. The number of hydrogen-bond acceptors (Lipinski definition) is 2. The lowest BCUT2D eigenvalue weighted by Crippen LogP contribution is -2.25. The van der Waals surface area contributed by atoms with Gasteiger partial charge in [0, 0.05) is 31.1 Å². The van der Waals surface area contributed by atoms with E-state index in [1.165, 1.54) is 11.1 Å². The van der Waals surface area contributed by atoms with Crippen molar-refractivity contribution in [2.75, 3.05) is 22.9 Å². The molecule has 0 saturated carbocycles. The second-order valence-corrected chi connectivity index (χ2v) is 6.43. The Morgan fingerprint density at radius 2 is 1.96 bits per heavy atom. The first-order valence-corrected chi connectivity index (χ1v) is 8.17. The van der Waals surface area contributed by atoms with E-state index in [1.54, 1.807) is 11.0 Å². The molecule has 2 nitrogen and oxygen atoms in total. The zero-order chi connectivity index (χ0) is 17.4. The Bertz CT molecular complexity index is 724. The van der Waals surface area contributed by atoms with Crippen molar-refractivity contribution in [3.8, 4) is 0 Å². The van der Waals surface area contributed by atoms with Crippen LogP contribution in [0, 0.1) is 23.4 Å². The number of anilines is 2. The first kappa shape index (κ1) is 16.7. The third-order valence-electron chi connectivity index (χ3n) is 4.78. The molecule has 5 heteroatoms. The van der Waals surface area contributed by atoms with Crippen molar-refractivity contribution in [1.82, 2.24) is 0 Å². The van der Waals surface area contributed by atoms with Gasteiger partial charge in [-0.15, -0.1) is 0 Å². The first-order chi connectivity index (χ1) is 11.4. The van der Waals surface area contributed by atoms with Crippen molar-refractivity contribution in [2.45, 2.75) is 26.2 Å². The van der Waals surface area contributed by atoms with Crippen molar-refractivity contribution >= 4 is 11.4 Å². The molecule has 2 heterocycles. The molecule has 3 rings (SSSR count). The second kappa shape index (κ2) is 6.38. The Morgan fingerprint density at radius 1 is 1.21 bits per heavy atom. The summed E-state index contributed by atoms with van der Waals surface area (Å²) >= 11 is 0. The molecule has 0 aromatic heterocycles. The molecular weight excluding hydrogens is 313 g/mol. The van der Waals surface area contributed by atoms with Gasteiger partial charge in [-0.25, -0.2) is 13.2 Å². The molecule has 1 aromatic carbocycles. The van der Waals surface area contributed by atoms with Gasteiger partial charge in [0.1, 0.15) is 5.69 Å². The van der Waals surface area contributed by atoms with Crippen LogP contribution in [-0.2, 0) is 0 Å². The summed E-state index contributed by atoms with van der Waals surface area (Å²) in [6.07, 6.45) is 5.44. The Balaban J connectivity index is 1.99. The molecule has 0 bridgehead atoms. The number of hydrogen-bond donors (Lipinski definition) is 0. The number of halogens is 3. The third-order valence-corrected chi connectivity index (χ3v) is 4.78. The monoisotopic (exact) mass is 334 g/mol. The SMILES string of the molecule is C=C1C=CN(c2c(F)cc(N3CC(CC)CC3=C)c(F)c2F)CC1. The fraction of sp³-hybridized carbons (Fsp3) is 0.368. The van der Waals surface area contributed by atoms with Crippen molar-refractivity contribution in [3.63, 3.8) is 0 Å². The normalized spacial score (nSPS) is 21.1. The summed E-state index contributed by atoms with van der Waals surface area (Å²) in [6.45, 7) is 10.7. The second-order valence-electron chi connectivity index (χ2n) is 6.43.